The molecule has 1 N–H and O–H groups in total. The summed E-state index contributed by atoms with van der Waals surface area (Å²) in [6.07, 6.45) is 0. The molecule has 4 aromatic rings. The number of nitrogens with zero attached hydrogens (tertiary/aromatic N) is 1. The van der Waals surface area contributed by atoms with Gasteiger partial charge < -0.3 is 14.3 Å². The minimum absolute atomic E-state index is 0.222. The van der Waals surface area contributed by atoms with Crippen LogP contribution in [0.1, 0.15) is 32.2 Å². The fraction of sp³-hybridized carbons (Fsp3) is 0.130. The molecule has 0 aliphatic rings. The van der Waals surface area contributed by atoms with Crippen molar-refractivity contribution in [1.29, 1.82) is 0 Å². The molecular weight excluding hydrogens is 352 g/mol. The summed E-state index contributed by atoms with van der Waals surface area (Å²) in [5.74, 6) is -0.763. The fourth-order valence-corrected chi connectivity index (χ4v) is 3.49. The maximum Gasteiger partial charge on any atom is 0.355 e. The number of hydrogen-bond donors (Lipinski definition) is 1. The first-order chi connectivity index (χ1) is 13.5. The SMILES string of the molecule is Cc1cc(C(=O)COC(=O)c2cc3ccccc3[nH]2)c(C)n1-c1ccccc1. The van der Waals surface area contributed by atoms with Crippen LogP contribution in [0.2, 0.25) is 0 Å². The standard InChI is InChI=1S/C23H20N2O3/c1-15-12-19(16(2)25(15)18-9-4-3-5-10-18)22(26)14-28-23(27)21-13-17-8-6-7-11-20(17)24-21/h3-13,24H,14H2,1-2H3. The van der Waals surface area contributed by atoms with Crippen LogP contribution in [-0.2, 0) is 4.74 Å². The van der Waals surface area contributed by atoms with Crippen LogP contribution in [0, 0.1) is 13.8 Å². The Kier molecular flexibility index (Phi) is 4.57. The van der Waals surface area contributed by atoms with E-state index in [9.17, 15) is 9.59 Å². The number of benzene rings is 2. The van der Waals surface area contributed by atoms with E-state index in [2.05, 4.69) is 4.98 Å². The molecule has 140 valence electrons. The molecule has 0 radical (unpaired) electrons. The summed E-state index contributed by atoms with van der Waals surface area (Å²) in [7, 11) is 0. The molecule has 0 unspecified atom stereocenters. The maximum absolute atomic E-state index is 12.7. The third-order valence-electron chi connectivity index (χ3n) is 4.83. The van der Waals surface area contributed by atoms with E-state index in [1.54, 1.807) is 6.07 Å². The molecule has 2 aromatic heterocycles. The molecule has 2 heterocycles. The molecule has 0 aliphatic carbocycles. The number of ether oxygens (including phenoxy) is 1. The van der Waals surface area contributed by atoms with Crippen molar-refractivity contribution in [2.45, 2.75) is 13.8 Å². The van der Waals surface area contributed by atoms with Gasteiger partial charge in [-0.3, -0.25) is 4.79 Å². The number of H-pyrrole nitrogens is 1. The number of fused-ring (bicyclic) bond motifs is 1. The summed E-state index contributed by atoms with van der Waals surface area (Å²) in [6, 6.07) is 21.0. The number of hydrogen-bond acceptors (Lipinski definition) is 3. The number of esters is 1. The van der Waals surface area contributed by atoms with Gasteiger partial charge in [0.2, 0.25) is 5.78 Å². The minimum atomic E-state index is -0.540. The smallest absolute Gasteiger partial charge is 0.355 e. The number of rotatable bonds is 5. The predicted molar refractivity (Wildman–Crippen MR) is 108 cm³/mol. The Morgan fingerprint density at radius 1 is 0.964 bits per heavy atom. The van der Waals surface area contributed by atoms with E-state index in [0.717, 1.165) is 28.0 Å². The van der Waals surface area contributed by atoms with Gasteiger partial charge in [0.15, 0.2) is 6.61 Å². The lowest BCUT2D eigenvalue weighted by Gasteiger charge is -2.09. The number of aromatic nitrogens is 2. The van der Waals surface area contributed by atoms with Crippen molar-refractivity contribution in [3.63, 3.8) is 0 Å². The zero-order valence-electron chi connectivity index (χ0n) is 15.7. The molecule has 0 saturated heterocycles. The van der Waals surface area contributed by atoms with Crippen LogP contribution in [0.3, 0.4) is 0 Å². The average Bonchev–Trinajstić information content (AvgIpc) is 3.27. The van der Waals surface area contributed by atoms with Gasteiger partial charge in [0.25, 0.3) is 0 Å². The fourth-order valence-electron chi connectivity index (χ4n) is 3.49. The number of Topliss-reactive ketones (excluding diaryl/α,β-unsaturated/α-hetero) is 1. The van der Waals surface area contributed by atoms with Gasteiger partial charge in [-0.15, -0.1) is 0 Å². The van der Waals surface area contributed by atoms with Crippen molar-refractivity contribution in [2.75, 3.05) is 6.61 Å². The molecule has 0 atom stereocenters. The van der Waals surface area contributed by atoms with E-state index >= 15 is 0 Å². The molecule has 5 heteroatoms. The summed E-state index contributed by atoms with van der Waals surface area (Å²) in [6.45, 7) is 3.55. The highest BCUT2D eigenvalue weighted by Crippen LogP contribution is 2.21. The highest BCUT2D eigenvalue weighted by molar-refractivity contribution is 6.01. The normalized spacial score (nSPS) is 10.9. The van der Waals surface area contributed by atoms with Crippen molar-refractivity contribution in [2.24, 2.45) is 0 Å². The molecule has 0 spiro atoms. The second-order valence-corrected chi connectivity index (χ2v) is 6.73. The molecule has 5 nitrogen and oxygen atoms in total. The van der Waals surface area contributed by atoms with Crippen LogP contribution < -0.4 is 0 Å². The lowest BCUT2D eigenvalue weighted by Crippen LogP contribution is -2.15. The van der Waals surface area contributed by atoms with Crippen LogP contribution in [0.25, 0.3) is 16.6 Å². The van der Waals surface area contributed by atoms with Crippen LogP contribution in [0.5, 0.6) is 0 Å². The summed E-state index contributed by atoms with van der Waals surface area (Å²) in [4.78, 5) is 28.0. The molecule has 28 heavy (non-hydrogen) atoms. The molecule has 4 rings (SSSR count). The van der Waals surface area contributed by atoms with E-state index in [1.807, 2.05) is 79.1 Å². The number of aromatic amines is 1. The second kappa shape index (κ2) is 7.19. The largest absolute Gasteiger partial charge is 0.453 e. The number of para-hydroxylation sites is 2. The summed E-state index contributed by atoms with van der Waals surface area (Å²) < 4.78 is 7.28. The topological polar surface area (TPSA) is 64.1 Å². The predicted octanol–water partition coefficient (Wildman–Crippen LogP) is 4.62. The van der Waals surface area contributed by atoms with Gasteiger partial charge in [0.1, 0.15) is 5.69 Å². The first-order valence-electron chi connectivity index (χ1n) is 9.07. The van der Waals surface area contributed by atoms with Gasteiger partial charge in [0.05, 0.1) is 0 Å². The first kappa shape index (κ1) is 17.8. The average molecular weight is 372 g/mol. The second-order valence-electron chi connectivity index (χ2n) is 6.73. The van der Waals surface area contributed by atoms with Crippen LogP contribution in [0.4, 0.5) is 0 Å². The van der Waals surface area contributed by atoms with Crippen molar-refractivity contribution in [3.8, 4) is 5.69 Å². The zero-order chi connectivity index (χ0) is 19.7. The number of nitrogens with one attached hydrogen (secondary N) is 1. The van der Waals surface area contributed by atoms with Crippen molar-refractivity contribution in [3.05, 3.63) is 89.4 Å². The van der Waals surface area contributed by atoms with Gasteiger partial charge in [-0.1, -0.05) is 36.4 Å². The molecule has 0 amide bonds. The number of carbonyl (C=O) groups excluding carboxylic acids is 2. The van der Waals surface area contributed by atoms with Gasteiger partial charge in [-0.05, 0) is 44.2 Å². The lowest BCUT2D eigenvalue weighted by atomic mass is 10.1. The maximum atomic E-state index is 12.7. The van der Waals surface area contributed by atoms with Crippen LogP contribution in [0.15, 0.2) is 66.7 Å². The molecule has 0 fully saturated rings. The van der Waals surface area contributed by atoms with E-state index in [4.69, 9.17) is 4.74 Å². The highest BCUT2D eigenvalue weighted by atomic mass is 16.5. The third-order valence-corrected chi connectivity index (χ3v) is 4.83. The Balaban J connectivity index is 1.50. The van der Waals surface area contributed by atoms with Crippen LogP contribution >= 0.6 is 0 Å². The third kappa shape index (κ3) is 3.22. The molecular formula is C23H20N2O3. The van der Waals surface area contributed by atoms with Gasteiger partial charge >= 0.3 is 5.97 Å². The number of ketones is 1. The minimum Gasteiger partial charge on any atom is -0.453 e. The molecule has 0 aliphatic heterocycles. The molecule has 0 saturated carbocycles. The van der Waals surface area contributed by atoms with E-state index < -0.39 is 5.97 Å². The van der Waals surface area contributed by atoms with Gasteiger partial charge in [-0.25, -0.2) is 4.79 Å². The van der Waals surface area contributed by atoms with E-state index in [0.29, 0.717) is 11.3 Å². The number of aryl methyl sites for hydroxylation is 1. The van der Waals surface area contributed by atoms with Crippen molar-refractivity contribution < 1.29 is 14.3 Å². The quantitative estimate of drug-likeness (QED) is 0.411. The Labute approximate surface area is 162 Å². The van der Waals surface area contributed by atoms with Crippen LogP contribution in [-0.4, -0.2) is 27.9 Å². The molecule has 2 aromatic carbocycles. The van der Waals surface area contributed by atoms with Gasteiger partial charge in [0, 0.05) is 33.5 Å². The summed E-state index contributed by atoms with van der Waals surface area (Å²) in [5.41, 5.74) is 4.53. The Hall–Kier alpha value is -3.60. The van der Waals surface area contributed by atoms with Gasteiger partial charge in [-0.2, -0.15) is 0 Å². The highest BCUT2D eigenvalue weighted by Gasteiger charge is 2.19. The molecule has 0 bridgehead atoms. The number of carbonyl (C=O) groups is 2. The van der Waals surface area contributed by atoms with E-state index in [1.165, 1.54) is 0 Å². The van der Waals surface area contributed by atoms with Crippen molar-refractivity contribution >= 4 is 22.7 Å². The lowest BCUT2D eigenvalue weighted by molar-refractivity contribution is 0.0469. The first-order valence-corrected chi connectivity index (χ1v) is 9.07. The van der Waals surface area contributed by atoms with E-state index in [-0.39, 0.29) is 12.4 Å². The Bertz CT molecular complexity index is 1140. The summed E-state index contributed by atoms with van der Waals surface area (Å²) in [5, 5.41) is 0.923. The Morgan fingerprint density at radius 2 is 1.68 bits per heavy atom. The zero-order valence-corrected chi connectivity index (χ0v) is 15.7. The summed E-state index contributed by atoms with van der Waals surface area (Å²) >= 11 is 0. The van der Waals surface area contributed by atoms with Crippen molar-refractivity contribution in [1.82, 2.24) is 9.55 Å². The monoisotopic (exact) mass is 372 g/mol. The Morgan fingerprint density at radius 3 is 2.43 bits per heavy atom.